The van der Waals surface area contributed by atoms with E-state index in [2.05, 4.69) is 53.7 Å². The standard InChI is InChI=1S/C16H17ClO.C9H18.C9H16/c1-12(2)14-8-9-16(15(17)10-14)18-11-13-6-4-3-5-7-13;2*1-8(2)9-6-4-3-5-7-9/h3-10,12H,11H2,1-2H3;8-9H,3-7H2,1-2H3;6,8H,3-5,7H2,1-2H3. The van der Waals surface area contributed by atoms with Crippen LogP contribution in [-0.2, 0) is 6.61 Å². The van der Waals surface area contributed by atoms with Crippen LogP contribution in [0.5, 0.6) is 5.75 Å². The highest BCUT2D eigenvalue weighted by atomic mass is 35.5. The van der Waals surface area contributed by atoms with Gasteiger partial charge in [0.1, 0.15) is 12.4 Å². The van der Waals surface area contributed by atoms with Crippen LogP contribution in [0.15, 0.2) is 60.2 Å². The summed E-state index contributed by atoms with van der Waals surface area (Å²) in [6, 6.07) is 16.1. The second-order valence-corrected chi connectivity index (χ2v) is 11.8. The van der Waals surface area contributed by atoms with Crippen molar-refractivity contribution in [3.05, 3.63) is 76.3 Å². The number of hydrogen-bond acceptors (Lipinski definition) is 1. The summed E-state index contributed by atoms with van der Waals surface area (Å²) in [7, 11) is 0. The first-order valence-corrected chi connectivity index (χ1v) is 14.8. The monoisotopic (exact) mass is 510 g/mol. The summed E-state index contributed by atoms with van der Waals surface area (Å²) in [6.07, 6.45) is 15.4. The molecule has 0 heterocycles. The molecule has 200 valence electrons. The molecule has 0 saturated heterocycles. The Morgan fingerprint density at radius 2 is 1.50 bits per heavy atom. The van der Waals surface area contributed by atoms with Gasteiger partial charge in [-0.1, -0.05) is 133 Å². The number of benzene rings is 2. The van der Waals surface area contributed by atoms with Crippen LogP contribution in [0.2, 0.25) is 5.02 Å². The summed E-state index contributed by atoms with van der Waals surface area (Å²) < 4.78 is 5.73. The molecule has 0 aromatic heterocycles. The van der Waals surface area contributed by atoms with Crippen LogP contribution >= 0.6 is 11.6 Å². The van der Waals surface area contributed by atoms with E-state index in [9.17, 15) is 0 Å². The summed E-state index contributed by atoms with van der Waals surface area (Å²) in [4.78, 5) is 0. The molecule has 2 heteroatoms. The lowest BCUT2D eigenvalue weighted by Gasteiger charge is -2.24. The van der Waals surface area contributed by atoms with Crippen molar-refractivity contribution in [3.63, 3.8) is 0 Å². The van der Waals surface area contributed by atoms with Crippen molar-refractivity contribution in [1.29, 1.82) is 0 Å². The maximum absolute atomic E-state index is 6.21. The van der Waals surface area contributed by atoms with E-state index in [0.717, 1.165) is 29.1 Å². The average molecular weight is 511 g/mol. The average Bonchev–Trinajstić information content (AvgIpc) is 2.90. The second-order valence-electron chi connectivity index (χ2n) is 11.4. The minimum atomic E-state index is 0.477. The van der Waals surface area contributed by atoms with E-state index in [1.165, 1.54) is 63.4 Å². The van der Waals surface area contributed by atoms with E-state index in [0.29, 0.717) is 17.5 Å². The topological polar surface area (TPSA) is 9.23 Å². The molecule has 2 aliphatic carbocycles. The maximum atomic E-state index is 6.21. The fourth-order valence-electron chi connectivity index (χ4n) is 4.92. The summed E-state index contributed by atoms with van der Waals surface area (Å²) in [6.45, 7) is 14.1. The number of hydrogen-bond donors (Lipinski definition) is 0. The third kappa shape index (κ3) is 11.5. The molecule has 0 unspecified atom stereocenters. The van der Waals surface area contributed by atoms with Crippen molar-refractivity contribution in [2.45, 2.75) is 112 Å². The van der Waals surface area contributed by atoms with Gasteiger partial charge in [0.15, 0.2) is 0 Å². The molecule has 0 N–H and O–H groups in total. The molecule has 0 spiro atoms. The zero-order valence-electron chi connectivity index (χ0n) is 23.9. The van der Waals surface area contributed by atoms with E-state index in [4.69, 9.17) is 16.3 Å². The van der Waals surface area contributed by atoms with Gasteiger partial charge in [0.05, 0.1) is 5.02 Å². The molecule has 1 saturated carbocycles. The van der Waals surface area contributed by atoms with Gasteiger partial charge < -0.3 is 4.74 Å². The number of allylic oxidation sites excluding steroid dienone is 2. The molecule has 2 aliphatic rings. The van der Waals surface area contributed by atoms with Crippen molar-refractivity contribution >= 4 is 11.6 Å². The van der Waals surface area contributed by atoms with Crippen molar-refractivity contribution in [2.75, 3.05) is 0 Å². The van der Waals surface area contributed by atoms with E-state index in [1.54, 1.807) is 5.57 Å². The number of rotatable bonds is 6. The van der Waals surface area contributed by atoms with Gasteiger partial charge in [0.25, 0.3) is 0 Å². The Balaban J connectivity index is 0.000000212. The molecule has 0 amide bonds. The molecule has 2 aromatic carbocycles. The van der Waals surface area contributed by atoms with Crippen LogP contribution in [-0.4, -0.2) is 0 Å². The van der Waals surface area contributed by atoms with Gasteiger partial charge in [0.2, 0.25) is 0 Å². The molecule has 4 rings (SSSR count). The molecule has 0 aliphatic heterocycles. The van der Waals surface area contributed by atoms with Gasteiger partial charge in [-0.2, -0.15) is 0 Å². The van der Waals surface area contributed by atoms with Gasteiger partial charge in [-0.3, -0.25) is 0 Å². The summed E-state index contributed by atoms with van der Waals surface area (Å²) in [5, 5.41) is 0.678. The lowest BCUT2D eigenvalue weighted by atomic mass is 9.82. The zero-order chi connectivity index (χ0) is 26.3. The SMILES string of the molecule is CC(C)C1=CCCCC1.CC(C)C1CCCCC1.CC(C)c1ccc(OCc2ccccc2)c(Cl)c1. The Labute approximate surface area is 227 Å². The predicted octanol–water partition coefficient (Wildman–Crippen LogP) is 11.4. The fraction of sp³-hybridized carbons (Fsp3) is 0.588. The largest absolute Gasteiger partial charge is 0.487 e. The molecule has 1 fully saturated rings. The quantitative estimate of drug-likeness (QED) is 0.351. The highest BCUT2D eigenvalue weighted by molar-refractivity contribution is 6.32. The molecule has 1 nitrogen and oxygen atoms in total. The third-order valence-electron chi connectivity index (χ3n) is 7.52. The Bertz CT molecular complexity index is 875. The molecule has 0 radical (unpaired) electrons. The van der Waals surface area contributed by atoms with Crippen LogP contribution < -0.4 is 4.74 Å². The zero-order valence-corrected chi connectivity index (χ0v) is 24.6. The lowest BCUT2D eigenvalue weighted by Crippen LogP contribution is -2.12. The molecular weight excluding hydrogens is 460 g/mol. The summed E-state index contributed by atoms with van der Waals surface area (Å²) in [5.74, 6) is 4.00. The Hall–Kier alpha value is -1.73. The van der Waals surface area contributed by atoms with Gasteiger partial charge in [-0.15, -0.1) is 0 Å². The van der Waals surface area contributed by atoms with Gasteiger partial charge in [-0.25, -0.2) is 0 Å². The first-order chi connectivity index (χ1) is 17.3. The minimum absolute atomic E-state index is 0.477. The first kappa shape index (κ1) is 30.5. The summed E-state index contributed by atoms with van der Waals surface area (Å²) >= 11 is 6.21. The highest BCUT2D eigenvalue weighted by Crippen LogP contribution is 2.30. The number of halogens is 1. The molecule has 0 bridgehead atoms. The first-order valence-electron chi connectivity index (χ1n) is 14.4. The lowest BCUT2D eigenvalue weighted by molar-refractivity contribution is 0.279. The van der Waals surface area contributed by atoms with E-state index in [-0.39, 0.29) is 0 Å². The van der Waals surface area contributed by atoms with Crippen molar-refractivity contribution < 1.29 is 4.74 Å². The minimum Gasteiger partial charge on any atom is -0.487 e. The normalized spacial score (nSPS) is 16.1. The van der Waals surface area contributed by atoms with Crippen LogP contribution in [0.1, 0.15) is 116 Å². The predicted molar refractivity (Wildman–Crippen MR) is 159 cm³/mol. The van der Waals surface area contributed by atoms with Crippen molar-refractivity contribution in [3.8, 4) is 5.75 Å². The second kappa shape index (κ2) is 16.9. The van der Waals surface area contributed by atoms with Gasteiger partial charge in [0, 0.05) is 0 Å². The van der Waals surface area contributed by atoms with E-state index < -0.39 is 0 Å². The van der Waals surface area contributed by atoms with Crippen LogP contribution in [0.3, 0.4) is 0 Å². The fourth-order valence-corrected chi connectivity index (χ4v) is 5.16. The maximum Gasteiger partial charge on any atom is 0.138 e. The Morgan fingerprint density at radius 3 is 1.97 bits per heavy atom. The van der Waals surface area contributed by atoms with Crippen LogP contribution in [0, 0.1) is 17.8 Å². The van der Waals surface area contributed by atoms with Crippen LogP contribution in [0.4, 0.5) is 0 Å². The Morgan fingerprint density at radius 1 is 0.806 bits per heavy atom. The van der Waals surface area contributed by atoms with E-state index in [1.807, 2.05) is 42.5 Å². The third-order valence-corrected chi connectivity index (χ3v) is 7.82. The van der Waals surface area contributed by atoms with Crippen LogP contribution in [0.25, 0.3) is 0 Å². The molecule has 2 aromatic rings. The molecule has 0 atom stereocenters. The highest BCUT2D eigenvalue weighted by Gasteiger charge is 2.15. The van der Waals surface area contributed by atoms with Crippen molar-refractivity contribution in [2.24, 2.45) is 17.8 Å². The van der Waals surface area contributed by atoms with Crippen molar-refractivity contribution in [1.82, 2.24) is 0 Å². The number of ether oxygens (including phenoxy) is 1. The Kier molecular flexibility index (Phi) is 14.3. The van der Waals surface area contributed by atoms with Gasteiger partial charge >= 0.3 is 0 Å². The van der Waals surface area contributed by atoms with E-state index >= 15 is 0 Å². The van der Waals surface area contributed by atoms with Gasteiger partial charge in [-0.05, 0) is 72.6 Å². The smallest absolute Gasteiger partial charge is 0.138 e. The molecular formula is C34H51ClO. The molecule has 36 heavy (non-hydrogen) atoms. The summed E-state index contributed by atoms with van der Waals surface area (Å²) in [5.41, 5.74) is 4.05.